The Kier molecular flexibility index (Phi) is 14.0. The Morgan fingerprint density at radius 2 is 0.889 bits per heavy atom. The van der Waals surface area contributed by atoms with Crippen LogP contribution in [0.3, 0.4) is 0 Å². The second-order valence-corrected chi connectivity index (χ2v) is 4.57. The molecule has 84 valence electrons. The van der Waals surface area contributed by atoms with E-state index in [1.54, 1.807) is 24.3 Å². The molecule has 0 N–H and O–H groups in total. The third-order valence-electron chi connectivity index (χ3n) is 1.67. The van der Waals surface area contributed by atoms with Gasteiger partial charge in [-0.15, -0.1) is 0 Å². The van der Waals surface area contributed by atoms with Gasteiger partial charge in [-0.05, 0) is 12.1 Å². The standard InChI is InChI=1S/2C6H5BrO.2Na/c2*7-5-3-1-2-4-6(5)8;;/h2*1-4,8H;;/q;;2*+1/p-2. The average molecular weight is 390 g/mol. The number of benzene rings is 2. The Balaban J connectivity index is 0. The van der Waals surface area contributed by atoms with Crippen LogP contribution in [0.2, 0.25) is 0 Å². The van der Waals surface area contributed by atoms with Crippen molar-refractivity contribution in [3.8, 4) is 11.5 Å². The number of hydrogen-bond acceptors (Lipinski definition) is 2. The van der Waals surface area contributed by atoms with Gasteiger partial charge in [0.05, 0.1) is 0 Å². The molecule has 2 rings (SSSR count). The normalized spacial score (nSPS) is 8.11. The van der Waals surface area contributed by atoms with E-state index in [2.05, 4.69) is 31.9 Å². The minimum absolute atomic E-state index is 0. The van der Waals surface area contributed by atoms with E-state index >= 15 is 0 Å². The maximum atomic E-state index is 10.6. The maximum Gasteiger partial charge on any atom is 1.00 e. The Morgan fingerprint density at radius 1 is 0.611 bits per heavy atom. The Bertz CT molecular complexity index is 382. The minimum Gasteiger partial charge on any atom is -0.872 e. The van der Waals surface area contributed by atoms with Gasteiger partial charge in [-0.25, -0.2) is 0 Å². The van der Waals surface area contributed by atoms with Gasteiger partial charge in [0.2, 0.25) is 0 Å². The first-order valence-electron chi connectivity index (χ1n) is 4.44. The van der Waals surface area contributed by atoms with Crippen LogP contribution < -0.4 is 69.3 Å². The SMILES string of the molecule is [Na+].[Na+].[O-]c1ccccc1Br.[O-]c1ccccc1Br. The van der Waals surface area contributed by atoms with E-state index in [9.17, 15) is 10.2 Å². The molecule has 0 saturated carbocycles. The third kappa shape index (κ3) is 8.23. The zero-order valence-corrected chi connectivity index (χ0v) is 17.4. The van der Waals surface area contributed by atoms with E-state index < -0.39 is 0 Å². The predicted molar refractivity (Wildman–Crippen MR) is 67.2 cm³/mol. The van der Waals surface area contributed by atoms with Crippen LogP contribution in [0.4, 0.5) is 0 Å². The van der Waals surface area contributed by atoms with Crippen LogP contribution in [-0.4, -0.2) is 0 Å². The molecule has 0 radical (unpaired) electrons. The third-order valence-corrected chi connectivity index (χ3v) is 2.98. The fourth-order valence-corrected chi connectivity index (χ4v) is 1.46. The first-order chi connectivity index (χ1) is 7.61. The summed E-state index contributed by atoms with van der Waals surface area (Å²) in [6.45, 7) is 0. The smallest absolute Gasteiger partial charge is 0.872 e. The van der Waals surface area contributed by atoms with Crippen molar-refractivity contribution >= 4 is 31.9 Å². The van der Waals surface area contributed by atoms with E-state index in [1.165, 1.54) is 12.1 Å². The molecule has 0 bridgehead atoms. The Labute approximate surface area is 168 Å². The summed E-state index contributed by atoms with van der Waals surface area (Å²) in [6.07, 6.45) is 0. The van der Waals surface area contributed by atoms with Gasteiger partial charge in [0, 0.05) is 8.95 Å². The van der Waals surface area contributed by atoms with Crippen LogP contribution in [-0.2, 0) is 0 Å². The fourth-order valence-electron chi connectivity index (χ4n) is 0.889. The van der Waals surface area contributed by atoms with Crippen molar-refractivity contribution in [2.24, 2.45) is 0 Å². The average Bonchev–Trinajstić information content (AvgIpc) is 2.28. The molecule has 0 fully saturated rings. The number of halogens is 2. The van der Waals surface area contributed by atoms with Crippen LogP contribution >= 0.6 is 31.9 Å². The molecule has 0 atom stereocenters. The van der Waals surface area contributed by atoms with E-state index in [0.717, 1.165) is 0 Å². The molecular formula is C12H8Br2Na2O2. The molecule has 0 heterocycles. The van der Waals surface area contributed by atoms with Crippen LogP contribution in [0.1, 0.15) is 0 Å². The molecule has 0 unspecified atom stereocenters. The Hall–Kier alpha value is 1.00. The van der Waals surface area contributed by atoms with E-state index in [0.29, 0.717) is 8.95 Å². The zero-order valence-electron chi connectivity index (χ0n) is 10.2. The molecule has 2 aromatic rings. The molecule has 0 aliphatic rings. The van der Waals surface area contributed by atoms with Gasteiger partial charge >= 0.3 is 59.1 Å². The quantitative estimate of drug-likeness (QED) is 0.452. The molecule has 0 aliphatic carbocycles. The second kappa shape index (κ2) is 11.8. The van der Waals surface area contributed by atoms with Crippen LogP contribution in [0.25, 0.3) is 0 Å². The van der Waals surface area contributed by atoms with Crippen molar-refractivity contribution in [3.05, 3.63) is 57.5 Å². The number of rotatable bonds is 0. The number of hydrogen-bond donors (Lipinski definition) is 0. The molecular weight excluding hydrogens is 382 g/mol. The van der Waals surface area contributed by atoms with Crippen LogP contribution in [0.15, 0.2) is 57.5 Å². The summed E-state index contributed by atoms with van der Waals surface area (Å²) in [5, 5.41) is 21.1. The molecule has 0 spiro atoms. The van der Waals surface area contributed by atoms with Crippen molar-refractivity contribution < 1.29 is 69.3 Å². The molecule has 0 saturated heterocycles. The van der Waals surface area contributed by atoms with E-state index in [4.69, 9.17) is 0 Å². The largest absolute Gasteiger partial charge is 1.00 e. The van der Waals surface area contributed by atoms with Crippen molar-refractivity contribution in [1.82, 2.24) is 0 Å². The summed E-state index contributed by atoms with van der Waals surface area (Å²) in [7, 11) is 0. The monoisotopic (exact) mass is 388 g/mol. The van der Waals surface area contributed by atoms with E-state index in [1.807, 2.05) is 12.1 Å². The summed E-state index contributed by atoms with van der Waals surface area (Å²) in [5.41, 5.74) is 0. The maximum absolute atomic E-state index is 10.6. The summed E-state index contributed by atoms with van der Waals surface area (Å²) in [6, 6.07) is 13.5. The molecule has 0 aliphatic heterocycles. The van der Waals surface area contributed by atoms with Gasteiger partial charge in [0.15, 0.2) is 0 Å². The minimum atomic E-state index is 0. The van der Waals surface area contributed by atoms with Gasteiger partial charge in [-0.2, -0.15) is 0 Å². The topological polar surface area (TPSA) is 46.1 Å². The predicted octanol–water partition coefficient (Wildman–Crippen LogP) is -2.95. The number of para-hydroxylation sites is 2. The summed E-state index contributed by atoms with van der Waals surface area (Å²) < 4.78 is 1.25. The van der Waals surface area contributed by atoms with Gasteiger partial charge < -0.3 is 10.2 Å². The molecule has 2 nitrogen and oxygen atoms in total. The van der Waals surface area contributed by atoms with Crippen LogP contribution in [0.5, 0.6) is 11.5 Å². The van der Waals surface area contributed by atoms with Crippen molar-refractivity contribution in [1.29, 1.82) is 0 Å². The molecule has 0 aromatic heterocycles. The summed E-state index contributed by atoms with van der Waals surface area (Å²) >= 11 is 6.17. The molecule has 2 aromatic carbocycles. The van der Waals surface area contributed by atoms with E-state index in [-0.39, 0.29) is 70.6 Å². The molecule has 0 amide bonds. The van der Waals surface area contributed by atoms with Gasteiger partial charge in [0.25, 0.3) is 0 Å². The first-order valence-corrected chi connectivity index (χ1v) is 6.03. The first kappa shape index (κ1) is 21.3. The molecule has 18 heavy (non-hydrogen) atoms. The van der Waals surface area contributed by atoms with Gasteiger partial charge in [-0.1, -0.05) is 79.8 Å². The van der Waals surface area contributed by atoms with Gasteiger partial charge in [-0.3, -0.25) is 0 Å². The van der Waals surface area contributed by atoms with Crippen molar-refractivity contribution in [2.45, 2.75) is 0 Å². The summed E-state index contributed by atoms with van der Waals surface area (Å²) in [4.78, 5) is 0. The van der Waals surface area contributed by atoms with Crippen molar-refractivity contribution in [3.63, 3.8) is 0 Å². The molecule has 6 heteroatoms. The van der Waals surface area contributed by atoms with Gasteiger partial charge in [0.1, 0.15) is 0 Å². The zero-order chi connectivity index (χ0) is 12.0. The Morgan fingerprint density at radius 3 is 1.06 bits per heavy atom. The fraction of sp³-hybridized carbons (Fsp3) is 0. The van der Waals surface area contributed by atoms with Crippen molar-refractivity contribution in [2.75, 3.05) is 0 Å². The van der Waals surface area contributed by atoms with Crippen LogP contribution in [0, 0.1) is 0 Å². The summed E-state index contributed by atoms with van der Waals surface area (Å²) in [5.74, 6) is 0.0694. The second-order valence-electron chi connectivity index (χ2n) is 2.86.